The monoisotopic (exact) mass is 199 g/mol. The van der Waals surface area contributed by atoms with Crippen LogP contribution >= 0.6 is 0 Å². The van der Waals surface area contributed by atoms with Gasteiger partial charge in [-0.15, -0.1) is 0 Å². The van der Waals surface area contributed by atoms with Crippen molar-refractivity contribution in [3.05, 3.63) is 0 Å². The molecule has 4 heteroatoms. The van der Waals surface area contributed by atoms with Crippen LogP contribution in [0.15, 0.2) is 0 Å². The van der Waals surface area contributed by atoms with Crippen LogP contribution in [0.5, 0.6) is 0 Å². The smallest absolute Gasteiger partial charge is 0.312 e. The fraction of sp³-hybridized carbons (Fsp3) is 0.900. The van der Waals surface area contributed by atoms with E-state index < -0.39 is 11.4 Å². The molecule has 2 heterocycles. The Bertz CT molecular complexity index is 219. The maximum absolute atomic E-state index is 11.1. The van der Waals surface area contributed by atoms with Crippen LogP contribution in [0.3, 0.4) is 0 Å². The summed E-state index contributed by atoms with van der Waals surface area (Å²) in [6.45, 7) is 2.88. The first kappa shape index (κ1) is 9.93. The normalized spacial score (nSPS) is 26.9. The predicted molar refractivity (Wildman–Crippen MR) is 51.1 cm³/mol. The van der Waals surface area contributed by atoms with E-state index in [4.69, 9.17) is 9.84 Å². The molecule has 80 valence electrons. The number of carboxylic acid groups (broad SMARTS) is 1. The van der Waals surface area contributed by atoms with Gasteiger partial charge in [0.05, 0.1) is 5.41 Å². The summed E-state index contributed by atoms with van der Waals surface area (Å²) in [7, 11) is 0. The highest BCUT2D eigenvalue weighted by atomic mass is 16.5. The van der Waals surface area contributed by atoms with E-state index in [9.17, 15) is 4.79 Å². The average Bonchev–Trinajstić information content (AvgIpc) is 2.12. The van der Waals surface area contributed by atoms with Crippen molar-refractivity contribution in [1.82, 2.24) is 5.32 Å². The van der Waals surface area contributed by atoms with E-state index in [0.29, 0.717) is 19.0 Å². The zero-order chi connectivity index (χ0) is 10.0. The molecule has 0 amide bonds. The van der Waals surface area contributed by atoms with Gasteiger partial charge in [-0.3, -0.25) is 4.79 Å². The minimum absolute atomic E-state index is 0.470. The number of ether oxygens (including phenoxy) is 1. The van der Waals surface area contributed by atoms with E-state index >= 15 is 0 Å². The Kier molecular flexibility index (Phi) is 2.74. The largest absolute Gasteiger partial charge is 0.481 e. The van der Waals surface area contributed by atoms with Crippen molar-refractivity contribution in [2.45, 2.75) is 19.3 Å². The molecule has 0 atom stereocenters. The number of carboxylic acids is 1. The Morgan fingerprint density at radius 3 is 2.50 bits per heavy atom. The van der Waals surface area contributed by atoms with Crippen LogP contribution in [-0.4, -0.2) is 37.4 Å². The summed E-state index contributed by atoms with van der Waals surface area (Å²) in [6.07, 6.45) is 2.86. The van der Waals surface area contributed by atoms with Gasteiger partial charge in [-0.2, -0.15) is 0 Å². The average molecular weight is 199 g/mol. The summed E-state index contributed by atoms with van der Waals surface area (Å²) in [5, 5.41) is 12.2. The van der Waals surface area contributed by atoms with Crippen LogP contribution in [0.2, 0.25) is 0 Å². The Hall–Kier alpha value is -0.610. The van der Waals surface area contributed by atoms with Crippen molar-refractivity contribution >= 4 is 5.97 Å². The molecule has 0 spiro atoms. The molecule has 0 bridgehead atoms. The van der Waals surface area contributed by atoms with Crippen LogP contribution in [0, 0.1) is 11.3 Å². The molecule has 0 radical (unpaired) electrons. The Morgan fingerprint density at radius 2 is 2.07 bits per heavy atom. The van der Waals surface area contributed by atoms with E-state index in [1.807, 2.05) is 0 Å². The summed E-state index contributed by atoms with van der Waals surface area (Å²) in [4.78, 5) is 11.1. The molecular formula is C10H17NO3. The summed E-state index contributed by atoms with van der Waals surface area (Å²) < 4.78 is 5.26. The summed E-state index contributed by atoms with van der Waals surface area (Å²) in [5.74, 6) is -0.0929. The van der Waals surface area contributed by atoms with Gasteiger partial charge in [-0.1, -0.05) is 0 Å². The fourth-order valence-electron chi connectivity index (χ4n) is 2.31. The lowest BCUT2D eigenvalue weighted by Crippen LogP contribution is -2.59. The van der Waals surface area contributed by atoms with Crippen molar-refractivity contribution < 1.29 is 14.6 Å². The second-order valence-electron chi connectivity index (χ2n) is 4.45. The van der Waals surface area contributed by atoms with Crippen LogP contribution in [0.4, 0.5) is 0 Å². The van der Waals surface area contributed by atoms with Crippen LogP contribution < -0.4 is 5.32 Å². The van der Waals surface area contributed by atoms with Gasteiger partial charge in [-0.25, -0.2) is 0 Å². The summed E-state index contributed by atoms with van der Waals surface area (Å²) >= 11 is 0. The molecule has 2 fully saturated rings. The highest BCUT2D eigenvalue weighted by Crippen LogP contribution is 2.34. The molecule has 0 saturated carbocycles. The zero-order valence-corrected chi connectivity index (χ0v) is 8.29. The molecule has 0 aromatic carbocycles. The van der Waals surface area contributed by atoms with Crippen LogP contribution in [-0.2, 0) is 9.53 Å². The Balaban J connectivity index is 1.90. The lowest BCUT2D eigenvalue weighted by molar-refractivity contribution is -0.154. The number of carbonyl (C=O) groups is 1. The molecule has 0 aromatic heterocycles. The van der Waals surface area contributed by atoms with Crippen molar-refractivity contribution in [1.29, 1.82) is 0 Å². The van der Waals surface area contributed by atoms with Crippen LogP contribution in [0.25, 0.3) is 0 Å². The topological polar surface area (TPSA) is 58.6 Å². The molecule has 0 unspecified atom stereocenters. The second kappa shape index (κ2) is 3.87. The quantitative estimate of drug-likeness (QED) is 0.694. The molecule has 0 aromatic rings. The molecule has 4 nitrogen and oxygen atoms in total. The van der Waals surface area contributed by atoms with E-state index in [1.54, 1.807) is 0 Å². The third kappa shape index (κ3) is 1.77. The lowest BCUT2D eigenvalue weighted by atomic mass is 9.73. The number of hydrogen-bond donors (Lipinski definition) is 2. The Labute approximate surface area is 83.6 Å². The maximum atomic E-state index is 11.1. The van der Waals surface area contributed by atoms with Gasteiger partial charge in [-0.05, 0) is 25.2 Å². The standard InChI is InChI=1S/C10H17NO3/c12-9(13)10(6-11-7-10)5-8-1-3-14-4-2-8/h8,11H,1-7H2,(H,12,13). The van der Waals surface area contributed by atoms with Crippen molar-refractivity contribution in [2.24, 2.45) is 11.3 Å². The molecule has 2 N–H and O–H groups in total. The first-order chi connectivity index (χ1) is 6.73. The Morgan fingerprint density at radius 1 is 1.43 bits per heavy atom. The third-order valence-corrected chi connectivity index (χ3v) is 3.40. The zero-order valence-electron chi connectivity index (χ0n) is 8.29. The molecule has 2 saturated heterocycles. The van der Waals surface area contributed by atoms with Gasteiger partial charge in [0.15, 0.2) is 0 Å². The maximum Gasteiger partial charge on any atom is 0.312 e. The molecular weight excluding hydrogens is 182 g/mol. The second-order valence-corrected chi connectivity index (χ2v) is 4.45. The van der Waals surface area contributed by atoms with Crippen molar-refractivity contribution in [3.63, 3.8) is 0 Å². The van der Waals surface area contributed by atoms with Gasteiger partial charge >= 0.3 is 5.97 Å². The van der Waals surface area contributed by atoms with Gasteiger partial charge in [0, 0.05) is 26.3 Å². The predicted octanol–water partition coefficient (Wildman–Crippen LogP) is 0.477. The first-order valence-corrected chi connectivity index (χ1v) is 5.25. The highest BCUT2D eigenvalue weighted by Gasteiger charge is 2.45. The number of nitrogens with one attached hydrogen (secondary N) is 1. The third-order valence-electron chi connectivity index (χ3n) is 3.40. The van der Waals surface area contributed by atoms with Crippen molar-refractivity contribution in [2.75, 3.05) is 26.3 Å². The molecule has 0 aliphatic carbocycles. The molecule has 14 heavy (non-hydrogen) atoms. The fourth-order valence-corrected chi connectivity index (χ4v) is 2.31. The molecule has 2 aliphatic rings. The van der Waals surface area contributed by atoms with E-state index in [-0.39, 0.29) is 0 Å². The van der Waals surface area contributed by atoms with Gasteiger partial charge in [0.2, 0.25) is 0 Å². The van der Waals surface area contributed by atoms with Crippen molar-refractivity contribution in [3.8, 4) is 0 Å². The lowest BCUT2D eigenvalue weighted by Gasteiger charge is -2.41. The van der Waals surface area contributed by atoms with Crippen LogP contribution in [0.1, 0.15) is 19.3 Å². The summed E-state index contributed by atoms with van der Waals surface area (Å²) in [5.41, 5.74) is -0.470. The minimum Gasteiger partial charge on any atom is -0.481 e. The van der Waals surface area contributed by atoms with E-state index in [0.717, 1.165) is 32.5 Å². The van der Waals surface area contributed by atoms with E-state index in [2.05, 4.69) is 5.32 Å². The minimum atomic E-state index is -0.636. The highest BCUT2D eigenvalue weighted by molar-refractivity contribution is 5.76. The number of hydrogen-bond acceptors (Lipinski definition) is 3. The summed E-state index contributed by atoms with van der Waals surface area (Å²) in [6, 6.07) is 0. The van der Waals surface area contributed by atoms with Gasteiger partial charge in [0.1, 0.15) is 0 Å². The van der Waals surface area contributed by atoms with Gasteiger partial charge < -0.3 is 15.2 Å². The molecule has 2 rings (SSSR count). The van der Waals surface area contributed by atoms with E-state index in [1.165, 1.54) is 0 Å². The van der Waals surface area contributed by atoms with Gasteiger partial charge in [0.25, 0.3) is 0 Å². The SMILES string of the molecule is O=C(O)C1(CC2CCOCC2)CNC1. The first-order valence-electron chi connectivity index (χ1n) is 5.25. The number of aliphatic carboxylic acids is 1. The number of rotatable bonds is 3. The molecule has 2 aliphatic heterocycles.